The zero-order chi connectivity index (χ0) is 12.1. The van der Waals surface area contributed by atoms with Crippen LogP contribution < -0.4 is 16.2 Å². The second-order valence-electron chi connectivity index (χ2n) is 3.17. The number of thioether (sulfide) groups is 1. The Bertz CT molecular complexity index is 384. The Kier molecular flexibility index (Phi) is 4.45. The predicted octanol–water partition coefficient (Wildman–Crippen LogP) is 0.781. The van der Waals surface area contributed by atoms with E-state index in [9.17, 15) is 4.79 Å². The molecule has 0 heterocycles. The van der Waals surface area contributed by atoms with Crippen LogP contribution in [0.5, 0.6) is 5.75 Å². The molecule has 1 unspecified atom stereocenters. The maximum Gasteiger partial charge on any atom is 0.321 e. The van der Waals surface area contributed by atoms with Crippen molar-refractivity contribution >= 4 is 23.4 Å². The summed E-state index contributed by atoms with van der Waals surface area (Å²) in [6, 6.07) is 4.33. The first-order chi connectivity index (χ1) is 7.54. The molecule has 0 fully saturated rings. The number of methoxy groups -OCH3 is 1. The van der Waals surface area contributed by atoms with Crippen LogP contribution in [-0.2, 0) is 4.79 Å². The fourth-order valence-electron chi connectivity index (χ4n) is 1.05. The normalized spacial score (nSPS) is 12.1. The first-order valence-corrected chi connectivity index (χ1v) is 5.58. The van der Waals surface area contributed by atoms with Crippen LogP contribution in [0, 0.1) is 0 Å². The van der Waals surface area contributed by atoms with Crippen LogP contribution in [0.4, 0.5) is 5.69 Å². The number of hydrogen-bond acceptors (Lipinski definition) is 5. The number of nitrogens with two attached hydrogens (primary N) is 2. The molecule has 0 aromatic heterocycles. The van der Waals surface area contributed by atoms with Crippen molar-refractivity contribution in [2.45, 2.75) is 10.9 Å². The van der Waals surface area contributed by atoms with E-state index in [4.69, 9.17) is 21.3 Å². The summed E-state index contributed by atoms with van der Waals surface area (Å²) < 4.78 is 5.13. The molecule has 0 aliphatic heterocycles. The molecule has 16 heavy (non-hydrogen) atoms. The van der Waals surface area contributed by atoms with Crippen LogP contribution in [0.15, 0.2) is 23.1 Å². The van der Waals surface area contributed by atoms with Gasteiger partial charge in [-0.2, -0.15) is 0 Å². The zero-order valence-electron chi connectivity index (χ0n) is 8.84. The molecular formula is C10H14N2O3S. The molecule has 6 heteroatoms. The maximum absolute atomic E-state index is 10.5. The van der Waals surface area contributed by atoms with E-state index in [1.54, 1.807) is 18.2 Å². The summed E-state index contributed by atoms with van der Waals surface area (Å²) in [5, 5.41) is 8.64. The number of carbonyl (C=O) groups is 1. The lowest BCUT2D eigenvalue weighted by Gasteiger charge is -2.10. The van der Waals surface area contributed by atoms with Gasteiger partial charge in [0.2, 0.25) is 0 Å². The molecule has 5 nitrogen and oxygen atoms in total. The lowest BCUT2D eigenvalue weighted by atomic mass is 10.3. The van der Waals surface area contributed by atoms with Gasteiger partial charge in [-0.05, 0) is 12.1 Å². The number of hydrogen-bond donors (Lipinski definition) is 3. The Hall–Kier alpha value is -1.40. The minimum absolute atomic E-state index is 0.287. The largest absolute Gasteiger partial charge is 0.496 e. The van der Waals surface area contributed by atoms with Gasteiger partial charge in [0.15, 0.2) is 0 Å². The molecule has 88 valence electrons. The fraction of sp³-hybridized carbons (Fsp3) is 0.300. The van der Waals surface area contributed by atoms with Crippen molar-refractivity contribution in [2.75, 3.05) is 18.6 Å². The highest BCUT2D eigenvalue weighted by atomic mass is 32.2. The number of anilines is 1. The standard InChI is InChI=1S/C10H14N2O3S/c1-15-8-4-6(11)2-3-9(8)16-5-7(12)10(13)14/h2-4,7H,5,11-12H2,1H3,(H,13,14). The van der Waals surface area contributed by atoms with Gasteiger partial charge in [0, 0.05) is 22.4 Å². The lowest BCUT2D eigenvalue weighted by molar-refractivity contribution is -0.137. The van der Waals surface area contributed by atoms with Gasteiger partial charge >= 0.3 is 5.97 Å². The lowest BCUT2D eigenvalue weighted by Crippen LogP contribution is -2.32. The third-order valence-electron chi connectivity index (χ3n) is 1.92. The van der Waals surface area contributed by atoms with E-state index in [2.05, 4.69) is 0 Å². The van der Waals surface area contributed by atoms with Gasteiger partial charge < -0.3 is 21.3 Å². The fourth-order valence-corrected chi connectivity index (χ4v) is 2.00. The molecule has 1 aromatic rings. The number of benzene rings is 1. The van der Waals surface area contributed by atoms with Gasteiger partial charge in [-0.25, -0.2) is 0 Å². The second-order valence-corrected chi connectivity index (χ2v) is 4.23. The van der Waals surface area contributed by atoms with Crippen molar-refractivity contribution < 1.29 is 14.6 Å². The smallest absolute Gasteiger partial charge is 0.321 e. The van der Waals surface area contributed by atoms with E-state index in [0.717, 1.165) is 4.90 Å². The molecule has 0 radical (unpaired) electrons. The summed E-state index contributed by atoms with van der Waals surface area (Å²) in [6.07, 6.45) is 0. The molecule has 5 N–H and O–H groups in total. The number of carboxylic acids is 1. The van der Waals surface area contributed by atoms with Crippen LogP contribution in [0.1, 0.15) is 0 Å². The summed E-state index contributed by atoms with van der Waals surface area (Å²) in [5.41, 5.74) is 11.6. The summed E-state index contributed by atoms with van der Waals surface area (Å²) in [6.45, 7) is 0. The van der Waals surface area contributed by atoms with Crippen LogP contribution in [0.25, 0.3) is 0 Å². The van der Waals surface area contributed by atoms with Gasteiger partial charge in [0.25, 0.3) is 0 Å². The van der Waals surface area contributed by atoms with E-state index in [-0.39, 0.29) is 5.75 Å². The van der Waals surface area contributed by atoms with Gasteiger partial charge in [0.1, 0.15) is 11.8 Å². The zero-order valence-corrected chi connectivity index (χ0v) is 9.66. The second kappa shape index (κ2) is 5.62. The molecule has 0 bridgehead atoms. The SMILES string of the molecule is COc1cc(N)ccc1SCC(N)C(=O)O. The summed E-state index contributed by atoms with van der Waals surface area (Å²) in [4.78, 5) is 11.4. The number of carboxylic acid groups (broad SMARTS) is 1. The van der Waals surface area contributed by atoms with Crippen LogP contribution >= 0.6 is 11.8 Å². The van der Waals surface area contributed by atoms with Crippen LogP contribution in [-0.4, -0.2) is 30.0 Å². The molecule has 1 rings (SSSR count). The molecule has 1 atom stereocenters. The number of rotatable bonds is 5. The summed E-state index contributed by atoms with van der Waals surface area (Å²) >= 11 is 1.33. The Balaban J connectivity index is 2.70. The first-order valence-electron chi connectivity index (χ1n) is 4.59. The summed E-state index contributed by atoms with van der Waals surface area (Å²) in [7, 11) is 1.54. The van der Waals surface area contributed by atoms with E-state index in [1.807, 2.05) is 0 Å². The van der Waals surface area contributed by atoms with Crippen molar-refractivity contribution in [1.29, 1.82) is 0 Å². The van der Waals surface area contributed by atoms with Gasteiger partial charge in [0.05, 0.1) is 7.11 Å². The highest BCUT2D eigenvalue weighted by Crippen LogP contribution is 2.31. The third kappa shape index (κ3) is 3.32. The third-order valence-corrected chi connectivity index (χ3v) is 3.10. The molecule has 0 saturated heterocycles. The molecular weight excluding hydrogens is 228 g/mol. The van der Waals surface area contributed by atoms with E-state index in [1.165, 1.54) is 18.9 Å². The molecule has 0 aliphatic carbocycles. The minimum atomic E-state index is -1.01. The number of ether oxygens (including phenoxy) is 1. The Labute approximate surface area is 97.8 Å². The minimum Gasteiger partial charge on any atom is -0.496 e. The van der Waals surface area contributed by atoms with E-state index >= 15 is 0 Å². The highest BCUT2D eigenvalue weighted by Gasteiger charge is 2.13. The maximum atomic E-state index is 10.5. The van der Waals surface area contributed by atoms with Gasteiger partial charge in [-0.3, -0.25) is 4.79 Å². The molecule has 0 amide bonds. The van der Waals surface area contributed by atoms with Crippen molar-refractivity contribution in [3.8, 4) is 5.75 Å². The van der Waals surface area contributed by atoms with Crippen molar-refractivity contribution in [3.63, 3.8) is 0 Å². The van der Waals surface area contributed by atoms with Gasteiger partial charge in [-0.1, -0.05) is 0 Å². The number of nitrogen functional groups attached to an aromatic ring is 1. The Morgan fingerprint density at radius 2 is 2.31 bits per heavy atom. The quantitative estimate of drug-likeness (QED) is 0.521. The number of aliphatic carboxylic acids is 1. The highest BCUT2D eigenvalue weighted by molar-refractivity contribution is 7.99. The van der Waals surface area contributed by atoms with Crippen molar-refractivity contribution in [1.82, 2.24) is 0 Å². The average molecular weight is 242 g/mol. The predicted molar refractivity (Wildman–Crippen MR) is 63.7 cm³/mol. The monoisotopic (exact) mass is 242 g/mol. The molecule has 0 aliphatic rings. The average Bonchev–Trinajstić information content (AvgIpc) is 2.26. The Morgan fingerprint density at radius 1 is 1.62 bits per heavy atom. The van der Waals surface area contributed by atoms with E-state index in [0.29, 0.717) is 11.4 Å². The van der Waals surface area contributed by atoms with Crippen molar-refractivity contribution in [3.05, 3.63) is 18.2 Å². The summed E-state index contributed by atoms with van der Waals surface area (Å²) in [5.74, 6) is -0.0974. The van der Waals surface area contributed by atoms with Gasteiger partial charge in [-0.15, -0.1) is 11.8 Å². The van der Waals surface area contributed by atoms with Crippen LogP contribution in [0.3, 0.4) is 0 Å². The Morgan fingerprint density at radius 3 is 2.88 bits per heavy atom. The molecule has 0 spiro atoms. The first kappa shape index (κ1) is 12.7. The topological polar surface area (TPSA) is 98.6 Å². The van der Waals surface area contributed by atoms with Crippen molar-refractivity contribution in [2.24, 2.45) is 5.73 Å². The molecule has 1 aromatic carbocycles. The molecule has 0 saturated carbocycles. The van der Waals surface area contributed by atoms with Crippen LogP contribution in [0.2, 0.25) is 0 Å². The van der Waals surface area contributed by atoms with E-state index < -0.39 is 12.0 Å².